The maximum atomic E-state index is 8.17. The summed E-state index contributed by atoms with van der Waals surface area (Å²) in [5.41, 5.74) is 0. The fraction of sp³-hybridized carbons (Fsp3) is 0.500. The van der Waals surface area contributed by atoms with Crippen molar-refractivity contribution in [2.75, 3.05) is 0 Å². The van der Waals surface area contributed by atoms with Crippen molar-refractivity contribution in [3.05, 3.63) is 0 Å². The van der Waals surface area contributed by atoms with Crippen LogP contribution in [-0.4, -0.2) is 0 Å². The molecule has 0 saturated carbocycles. The maximum Gasteiger partial charge on any atom is 0.134 e. The molecule has 0 spiro atoms. The Morgan fingerprint density at radius 1 is 1.11 bits per heavy atom. The fourth-order valence-corrected chi connectivity index (χ4v) is 0.367. The average molecular weight is 119 g/mol. The average Bonchev–Trinajstić information content (AvgIpc) is 1.91. The lowest BCUT2D eigenvalue weighted by molar-refractivity contribution is 0.752. The molecular formula is C6H5N3. The standard InChI is InChI=1S/C6H5N3/c7-3-1-2-6(4-8)5-9/h6H,1-2H2. The number of hydrogen-bond acceptors (Lipinski definition) is 3. The fourth-order valence-electron chi connectivity index (χ4n) is 0.367. The minimum absolute atomic E-state index is 0.284. The van der Waals surface area contributed by atoms with Crippen LogP contribution >= 0.6 is 0 Å². The highest BCUT2D eigenvalue weighted by Crippen LogP contribution is 2.01. The van der Waals surface area contributed by atoms with E-state index in [0.717, 1.165) is 0 Å². The lowest BCUT2D eigenvalue weighted by Gasteiger charge is -1.88. The number of rotatable bonds is 2. The van der Waals surface area contributed by atoms with E-state index in [2.05, 4.69) is 0 Å². The van der Waals surface area contributed by atoms with E-state index in [1.54, 1.807) is 12.1 Å². The second kappa shape index (κ2) is 4.62. The smallest absolute Gasteiger partial charge is 0.134 e. The topological polar surface area (TPSA) is 71.4 Å². The van der Waals surface area contributed by atoms with Crippen molar-refractivity contribution in [1.82, 2.24) is 0 Å². The molecule has 0 saturated heterocycles. The van der Waals surface area contributed by atoms with Crippen molar-refractivity contribution in [3.63, 3.8) is 0 Å². The van der Waals surface area contributed by atoms with Gasteiger partial charge in [-0.05, 0) is 6.42 Å². The van der Waals surface area contributed by atoms with E-state index in [0.29, 0.717) is 6.42 Å². The molecule has 0 bridgehead atoms. The zero-order valence-corrected chi connectivity index (χ0v) is 4.83. The van der Waals surface area contributed by atoms with E-state index >= 15 is 0 Å². The second-order valence-electron chi connectivity index (χ2n) is 1.51. The molecule has 0 aliphatic heterocycles. The third-order valence-electron chi connectivity index (χ3n) is 0.856. The molecule has 0 aliphatic rings. The largest absolute Gasteiger partial charge is 0.198 e. The highest BCUT2D eigenvalue weighted by atomic mass is 14.3. The van der Waals surface area contributed by atoms with Crippen molar-refractivity contribution in [2.24, 2.45) is 5.92 Å². The number of nitrogens with zero attached hydrogens (tertiary/aromatic N) is 3. The van der Waals surface area contributed by atoms with Crippen molar-refractivity contribution in [3.8, 4) is 18.2 Å². The molecule has 0 aromatic heterocycles. The molecule has 0 heterocycles. The molecule has 44 valence electrons. The molecular weight excluding hydrogens is 114 g/mol. The van der Waals surface area contributed by atoms with Crippen molar-refractivity contribution in [1.29, 1.82) is 15.8 Å². The minimum Gasteiger partial charge on any atom is -0.198 e. The van der Waals surface area contributed by atoms with E-state index in [1.807, 2.05) is 6.07 Å². The monoisotopic (exact) mass is 119 g/mol. The molecule has 0 amide bonds. The third-order valence-corrected chi connectivity index (χ3v) is 0.856. The summed E-state index contributed by atoms with van der Waals surface area (Å²) in [4.78, 5) is 0. The van der Waals surface area contributed by atoms with Crippen LogP contribution in [0.5, 0.6) is 0 Å². The molecule has 0 radical (unpaired) electrons. The van der Waals surface area contributed by atoms with Gasteiger partial charge in [-0.25, -0.2) is 0 Å². The summed E-state index contributed by atoms with van der Waals surface area (Å²) in [6, 6.07) is 5.41. The van der Waals surface area contributed by atoms with E-state index in [9.17, 15) is 0 Å². The zero-order chi connectivity index (χ0) is 7.11. The number of hydrogen-bond donors (Lipinski definition) is 0. The van der Waals surface area contributed by atoms with Gasteiger partial charge in [-0.15, -0.1) is 0 Å². The van der Waals surface area contributed by atoms with Gasteiger partial charge in [-0.3, -0.25) is 0 Å². The Balaban J connectivity index is 3.54. The summed E-state index contributed by atoms with van der Waals surface area (Å²) in [6.07, 6.45) is 0.648. The molecule has 0 N–H and O–H groups in total. The van der Waals surface area contributed by atoms with Gasteiger partial charge >= 0.3 is 0 Å². The van der Waals surface area contributed by atoms with E-state index in [-0.39, 0.29) is 6.42 Å². The van der Waals surface area contributed by atoms with Gasteiger partial charge in [0.1, 0.15) is 5.92 Å². The van der Waals surface area contributed by atoms with Crippen LogP contribution in [0.25, 0.3) is 0 Å². The first kappa shape index (κ1) is 7.47. The van der Waals surface area contributed by atoms with Gasteiger partial charge < -0.3 is 0 Å². The van der Waals surface area contributed by atoms with E-state index < -0.39 is 5.92 Å². The SMILES string of the molecule is N#CCCC(C#N)C#N. The highest BCUT2D eigenvalue weighted by molar-refractivity contribution is 4.99. The summed E-state index contributed by atoms with van der Waals surface area (Å²) in [5, 5.41) is 24.4. The Kier molecular flexibility index (Phi) is 3.84. The molecule has 9 heavy (non-hydrogen) atoms. The predicted molar refractivity (Wildman–Crippen MR) is 29.6 cm³/mol. The Morgan fingerprint density at radius 2 is 1.67 bits per heavy atom. The van der Waals surface area contributed by atoms with Gasteiger partial charge in [-0.1, -0.05) is 0 Å². The van der Waals surface area contributed by atoms with E-state index in [4.69, 9.17) is 15.8 Å². The summed E-state index contributed by atoms with van der Waals surface area (Å²) < 4.78 is 0. The van der Waals surface area contributed by atoms with Gasteiger partial charge in [-0.2, -0.15) is 15.8 Å². The molecule has 0 unspecified atom stereocenters. The Labute approximate surface area is 53.7 Å². The van der Waals surface area contributed by atoms with Crippen LogP contribution in [0.3, 0.4) is 0 Å². The molecule has 3 heteroatoms. The highest BCUT2D eigenvalue weighted by Gasteiger charge is 2.02. The van der Waals surface area contributed by atoms with Crippen molar-refractivity contribution < 1.29 is 0 Å². The first-order chi connectivity index (χ1) is 4.35. The molecule has 0 aromatic carbocycles. The predicted octanol–water partition coefficient (Wildman–Crippen LogP) is 0.954. The molecule has 0 fully saturated rings. The number of nitriles is 3. The third kappa shape index (κ3) is 3.09. The second-order valence-corrected chi connectivity index (χ2v) is 1.51. The van der Waals surface area contributed by atoms with Gasteiger partial charge in [0.2, 0.25) is 0 Å². The van der Waals surface area contributed by atoms with Crippen LogP contribution in [0.2, 0.25) is 0 Å². The van der Waals surface area contributed by atoms with Crippen molar-refractivity contribution >= 4 is 0 Å². The molecule has 0 aromatic rings. The minimum atomic E-state index is -0.607. The van der Waals surface area contributed by atoms with Gasteiger partial charge in [0.25, 0.3) is 0 Å². The lowest BCUT2D eigenvalue weighted by atomic mass is 10.1. The normalized spacial score (nSPS) is 7.33. The van der Waals surface area contributed by atoms with Crippen LogP contribution < -0.4 is 0 Å². The first-order valence-corrected chi connectivity index (χ1v) is 2.51. The van der Waals surface area contributed by atoms with Crippen LogP contribution in [-0.2, 0) is 0 Å². The van der Waals surface area contributed by atoms with Crippen LogP contribution in [0, 0.1) is 39.9 Å². The maximum absolute atomic E-state index is 8.17. The van der Waals surface area contributed by atoms with E-state index in [1.165, 1.54) is 0 Å². The summed E-state index contributed by atoms with van der Waals surface area (Å²) in [5.74, 6) is -0.607. The van der Waals surface area contributed by atoms with Crippen LogP contribution in [0.4, 0.5) is 0 Å². The zero-order valence-electron chi connectivity index (χ0n) is 4.83. The Hall–Kier alpha value is -1.53. The summed E-state index contributed by atoms with van der Waals surface area (Å²) >= 11 is 0. The van der Waals surface area contributed by atoms with Gasteiger partial charge in [0.05, 0.1) is 18.2 Å². The van der Waals surface area contributed by atoms with Crippen LogP contribution in [0.1, 0.15) is 12.8 Å². The van der Waals surface area contributed by atoms with Crippen LogP contribution in [0.15, 0.2) is 0 Å². The Morgan fingerprint density at radius 3 is 2.00 bits per heavy atom. The van der Waals surface area contributed by atoms with Gasteiger partial charge in [0.15, 0.2) is 0 Å². The van der Waals surface area contributed by atoms with Crippen molar-refractivity contribution in [2.45, 2.75) is 12.8 Å². The molecule has 0 rings (SSSR count). The summed E-state index contributed by atoms with van der Waals surface area (Å²) in [7, 11) is 0. The quantitative estimate of drug-likeness (QED) is 0.543. The lowest BCUT2D eigenvalue weighted by Crippen LogP contribution is -1.90. The Bertz CT molecular complexity index is 174. The summed E-state index contributed by atoms with van der Waals surface area (Å²) in [6.45, 7) is 0. The molecule has 0 atom stereocenters. The first-order valence-electron chi connectivity index (χ1n) is 2.51. The van der Waals surface area contributed by atoms with Gasteiger partial charge in [0, 0.05) is 6.42 Å². The molecule has 0 aliphatic carbocycles. The molecule has 3 nitrogen and oxygen atoms in total.